The van der Waals surface area contributed by atoms with Crippen molar-refractivity contribution < 1.29 is 4.79 Å². The van der Waals surface area contributed by atoms with E-state index in [9.17, 15) is 4.79 Å². The molecule has 92 valence electrons. The summed E-state index contributed by atoms with van der Waals surface area (Å²) in [6.45, 7) is 6.24. The van der Waals surface area contributed by atoms with Gasteiger partial charge in [0.2, 0.25) is 0 Å². The van der Waals surface area contributed by atoms with Crippen LogP contribution < -0.4 is 10.6 Å². The predicted molar refractivity (Wildman–Crippen MR) is 67.9 cm³/mol. The molecular formula is C12H18N4O. The van der Waals surface area contributed by atoms with E-state index in [4.69, 9.17) is 0 Å². The Morgan fingerprint density at radius 3 is 2.94 bits per heavy atom. The lowest BCUT2D eigenvalue weighted by atomic mass is 10.1. The summed E-state index contributed by atoms with van der Waals surface area (Å²) in [7, 11) is 0. The Kier molecular flexibility index (Phi) is 3.93. The van der Waals surface area contributed by atoms with E-state index >= 15 is 0 Å². The van der Waals surface area contributed by atoms with Gasteiger partial charge in [-0.25, -0.2) is 9.79 Å². The van der Waals surface area contributed by atoms with E-state index in [0.29, 0.717) is 18.4 Å². The van der Waals surface area contributed by atoms with E-state index in [-0.39, 0.29) is 6.03 Å². The second-order valence-electron chi connectivity index (χ2n) is 4.22. The second kappa shape index (κ2) is 5.63. The molecule has 2 N–H and O–H groups in total. The third-order valence-electron chi connectivity index (χ3n) is 3.02. The highest BCUT2D eigenvalue weighted by Crippen LogP contribution is 2.13. The Bertz CT molecular complexity index is 356. The summed E-state index contributed by atoms with van der Waals surface area (Å²) in [6, 6.07) is 0.192. The number of nitrogens with zero attached hydrogens (tertiary/aromatic N) is 2. The number of amides is 2. The summed E-state index contributed by atoms with van der Waals surface area (Å²) in [5.41, 5.74) is 0. The van der Waals surface area contributed by atoms with Crippen LogP contribution in [0.2, 0.25) is 0 Å². The Morgan fingerprint density at radius 1 is 1.41 bits per heavy atom. The number of carbonyl (C=O) groups is 1. The third-order valence-corrected chi connectivity index (χ3v) is 3.02. The average molecular weight is 234 g/mol. The van der Waals surface area contributed by atoms with Crippen LogP contribution in [0.4, 0.5) is 4.79 Å². The summed E-state index contributed by atoms with van der Waals surface area (Å²) in [6.07, 6.45) is 7.43. The molecule has 0 atom stereocenters. The van der Waals surface area contributed by atoms with E-state index < -0.39 is 0 Å². The van der Waals surface area contributed by atoms with Crippen molar-refractivity contribution in [3.8, 4) is 0 Å². The SMILES string of the molecule is C=C1/N=C\C=C/CN(C2CCNCC2)C(=O)N1. The highest BCUT2D eigenvalue weighted by Gasteiger charge is 2.24. The molecule has 0 aromatic heterocycles. The molecule has 0 bridgehead atoms. The number of urea groups is 1. The first kappa shape index (κ1) is 11.9. The maximum absolute atomic E-state index is 12.1. The van der Waals surface area contributed by atoms with Crippen molar-refractivity contribution in [1.82, 2.24) is 15.5 Å². The van der Waals surface area contributed by atoms with Gasteiger partial charge in [0, 0.05) is 18.8 Å². The van der Waals surface area contributed by atoms with Crippen LogP contribution in [0.3, 0.4) is 0 Å². The van der Waals surface area contributed by atoms with E-state index in [1.807, 2.05) is 17.1 Å². The molecule has 5 nitrogen and oxygen atoms in total. The van der Waals surface area contributed by atoms with Gasteiger partial charge in [-0.15, -0.1) is 0 Å². The maximum atomic E-state index is 12.1. The molecule has 2 rings (SSSR count). The van der Waals surface area contributed by atoms with Crippen molar-refractivity contribution >= 4 is 12.2 Å². The van der Waals surface area contributed by atoms with Crippen molar-refractivity contribution in [3.05, 3.63) is 24.6 Å². The Balaban J connectivity index is 2.08. The lowest BCUT2D eigenvalue weighted by Gasteiger charge is -2.33. The zero-order chi connectivity index (χ0) is 12.1. The third kappa shape index (κ3) is 3.17. The first-order valence-electron chi connectivity index (χ1n) is 5.94. The first-order chi connectivity index (χ1) is 8.27. The molecule has 0 radical (unpaired) electrons. The molecule has 2 aliphatic heterocycles. The minimum absolute atomic E-state index is 0.106. The van der Waals surface area contributed by atoms with Gasteiger partial charge in [0.25, 0.3) is 0 Å². The molecule has 1 saturated heterocycles. The lowest BCUT2D eigenvalue weighted by Crippen LogP contribution is -2.49. The van der Waals surface area contributed by atoms with Crippen molar-refractivity contribution in [3.63, 3.8) is 0 Å². The summed E-state index contributed by atoms with van der Waals surface area (Å²) >= 11 is 0. The maximum Gasteiger partial charge on any atom is 0.323 e. The molecule has 0 spiro atoms. The number of hydrogen-bond acceptors (Lipinski definition) is 3. The Hall–Kier alpha value is -1.62. The summed E-state index contributed by atoms with van der Waals surface area (Å²) in [5.74, 6) is 0.389. The average Bonchev–Trinajstić information content (AvgIpc) is 2.41. The van der Waals surface area contributed by atoms with Gasteiger partial charge < -0.3 is 10.2 Å². The van der Waals surface area contributed by atoms with E-state index in [1.165, 1.54) is 0 Å². The van der Waals surface area contributed by atoms with Gasteiger partial charge in [-0.05, 0) is 32.0 Å². The normalized spacial score (nSPS) is 26.7. The van der Waals surface area contributed by atoms with Crippen molar-refractivity contribution in [1.29, 1.82) is 0 Å². The van der Waals surface area contributed by atoms with Crippen molar-refractivity contribution in [2.24, 2.45) is 4.99 Å². The molecule has 2 heterocycles. The highest BCUT2D eigenvalue weighted by molar-refractivity contribution is 5.79. The fourth-order valence-electron chi connectivity index (χ4n) is 2.11. The quantitative estimate of drug-likeness (QED) is 0.707. The van der Waals surface area contributed by atoms with Crippen LogP contribution in [0.15, 0.2) is 29.5 Å². The monoisotopic (exact) mass is 234 g/mol. The van der Waals surface area contributed by atoms with Gasteiger partial charge >= 0.3 is 6.03 Å². The summed E-state index contributed by atoms with van der Waals surface area (Å²) < 4.78 is 0. The molecule has 2 aliphatic rings. The Morgan fingerprint density at radius 2 is 2.18 bits per heavy atom. The molecular weight excluding hydrogens is 216 g/mol. The van der Waals surface area contributed by atoms with E-state index in [1.54, 1.807) is 6.21 Å². The molecule has 17 heavy (non-hydrogen) atoms. The van der Waals surface area contributed by atoms with Gasteiger partial charge in [-0.1, -0.05) is 12.7 Å². The molecule has 1 fully saturated rings. The number of nitrogens with one attached hydrogen (secondary N) is 2. The van der Waals surface area contributed by atoms with Crippen LogP contribution in [0.1, 0.15) is 12.8 Å². The minimum Gasteiger partial charge on any atom is -0.318 e. The largest absolute Gasteiger partial charge is 0.323 e. The standard InChI is InChI=1S/C12H18N4O/c1-10-14-6-2-3-9-16(12(17)15-10)11-4-7-13-8-5-11/h2-3,6,11,13H,1,4-5,7-9H2,(H,15,17)/b3-2-,14-6-. The van der Waals surface area contributed by atoms with Crippen LogP contribution in [0.25, 0.3) is 0 Å². The molecule has 5 heteroatoms. The molecule has 2 amide bonds. The fraction of sp³-hybridized carbons (Fsp3) is 0.500. The van der Waals surface area contributed by atoms with Crippen molar-refractivity contribution in [2.75, 3.05) is 19.6 Å². The zero-order valence-electron chi connectivity index (χ0n) is 9.85. The second-order valence-corrected chi connectivity index (χ2v) is 4.22. The number of hydrogen-bond donors (Lipinski definition) is 2. The summed E-state index contributed by atoms with van der Waals surface area (Å²) in [4.78, 5) is 17.9. The number of carbonyl (C=O) groups excluding carboxylic acids is 1. The van der Waals surface area contributed by atoms with Crippen LogP contribution in [-0.4, -0.2) is 42.8 Å². The number of aliphatic imine (C=N–C) groups is 1. The molecule has 0 aliphatic carbocycles. The van der Waals surface area contributed by atoms with Crippen LogP contribution in [-0.2, 0) is 0 Å². The van der Waals surface area contributed by atoms with Crippen LogP contribution >= 0.6 is 0 Å². The van der Waals surface area contributed by atoms with Crippen LogP contribution in [0.5, 0.6) is 0 Å². The first-order valence-corrected chi connectivity index (χ1v) is 5.94. The van der Waals surface area contributed by atoms with E-state index in [0.717, 1.165) is 25.9 Å². The number of rotatable bonds is 1. The molecule has 0 aromatic carbocycles. The zero-order valence-corrected chi connectivity index (χ0v) is 9.85. The van der Waals surface area contributed by atoms with Gasteiger partial charge in [0.05, 0.1) is 0 Å². The summed E-state index contributed by atoms with van der Waals surface area (Å²) in [5, 5.41) is 6.00. The van der Waals surface area contributed by atoms with Gasteiger partial charge in [0.15, 0.2) is 0 Å². The topological polar surface area (TPSA) is 56.7 Å². The van der Waals surface area contributed by atoms with Gasteiger partial charge in [-0.3, -0.25) is 5.32 Å². The fourth-order valence-corrected chi connectivity index (χ4v) is 2.11. The smallest absolute Gasteiger partial charge is 0.318 e. The molecule has 0 unspecified atom stereocenters. The minimum atomic E-state index is -0.106. The number of piperidine rings is 1. The van der Waals surface area contributed by atoms with Crippen LogP contribution in [0, 0.1) is 0 Å². The predicted octanol–water partition coefficient (Wildman–Crippen LogP) is 0.862. The molecule has 0 saturated carbocycles. The molecule has 0 aromatic rings. The van der Waals surface area contributed by atoms with Crippen molar-refractivity contribution in [2.45, 2.75) is 18.9 Å². The number of allylic oxidation sites excluding steroid dienone is 1. The Labute approximate surface area is 101 Å². The highest BCUT2D eigenvalue weighted by atomic mass is 16.2. The lowest BCUT2D eigenvalue weighted by molar-refractivity contribution is 0.170. The van der Waals surface area contributed by atoms with Gasteiger partial charge in [-0.2, -0.15) is 0 Å². The van der Waals surface area contributed by atoms with Gasteiger partial charge in [0.1, 0.15) is 5.82 Å². The van der Waals surface area contributed by atoms with E-state index in [2.05, 4.69) is 22.2 Å².